The van der Waals surface area contributed by atoms with Crippen LogP contribution in [-0.2, 0) is 14.3 Å². The van der Waals surface area contributed by atoms with Crippen molar-refractivity contribution in [3.05, 3.63) is 36.5 Å². The van der Waals surface area contributed by atoms with Crippen LogP contribution in [0.5, 0.6) is 0 Å². The number of aliphatic hydroxyl groups is 2. The molecule has 2 atom stereocenters. The Balaban J connectivity index is 3.56. The molecule has 58 heavy (non-hydrogen) atoms. The number of aliphatic hydroxyl groups excluding tert-OH is 2. The number of hydrogen-bond donors (Lipinski definition) is 3. The Hall–Kier alpha value is -1.92. The van der Waals surface area contributed by atoms with Gasteiger partial charge in [0, 0.05) is 12.8 Å². The molecule has 6 nitrogen and oxygen atoms in total. The first-order valence-electron chi connectivity index (χ1n) is 25.3. The highest BCUT2D eigenvalue weighted by molar-refractivity contribution is 5.76. The molecule has 2 unspecified atom stereocenters. The van der Waals surface area contributed by atoms with Crippen molar-refractivity contribution in [2.24, 2.45) is 0 Å². The molecule has 340 valence electrons. The Kier molecular flexibility index (Phi) is 46.2. The average molecular weight is 816 g/mol. The number of nitrogens with one attached hydrogen (secondary N) is 1. The molecule has 0 bridgehead atoms. The number of amides is 1. The van der Waals surface area contributed by atoms with Gasteiger partial charge in [0.2, 0.25) is 5.91 Å². The normalized spacial score (nSPS) is 13.0. The van der Waals surface area contributed by atoms with Crippen LogP contribution in [0.15, 0.2) is 36.5 Å². The minimum absolute atomic E-state index is 0.0159. The summed E-state index contributed by atoms with van der Waals surface area (Å²) in [5.74, 6) is -0.166. The maximum absolute atomic E-state index is 12.4. The zero-order chi connectivity index (χ0) is 42.3. The summed E-state index contributed by atoms with van der Waals surface area (Å²) in [5, 5.41) is 22.9. The molecule has 6 heteroatoms. The van der Waals surface area contributed by atoms with Gasteiger partial charge in [-0.25, -0.2) is 0 Å². The van der Waals surface area contributed by atoms with Crippen molar-refractivity contribution in [2.75, 3.05) is 13.2 Å². The SMILES string of the molecule is CCCCCCCCCCCC/C=C/C(O)C(CO)NC(=O)CC/C=C\C/C=C\CCCCCCCCOC(=O)CCCCCCCCCCCCCCCCCC. The van der Waals surface area contributed by atoms with E-state index in [2.05, 4.69) is 37.4 Å². The van der Waals surface area contributed by atoms with E-state index >= 15 is 0 Å². The maximum atomic E-state index is 12.4. The van der Waals surface area contributed by atoms with Gasteiger partial charge >= 0.3 is 5.97 Å². The van der Waals surface area contributed by atoms with Crippen LogP contribution in [0.25, 0.3) is 0 Å². The summed E-state index contributed by atoms with van der Waals surface area (Å²) in [4.78, 5) is 24.4. The molecule has 1 amide bonds. The first-order valence-corrected chi connectivity index (χ1v) is 25.3. The smallest absolute Gasteiger partial charge is 0.305 e. The highest BCUT2D eigenvalue weighted by Crippen LogP contribution is 2.15. The third kappa shape index (κ3) is 43.7. The molecule has 0 aliphatic carbocycles. The Morgan fingerprint density at radius 2 is 0.879 bits per heavy atom. The minimum atomic E-state index is -0.877. The van der Waals surface area contributed by atoms with Crippen molar-refractivity contribution >= 4 is 11.9 Å². The molecular formula is C52H97NO5. The fourth-order valence-electron chi connectivity index (χ4n) is 7.51. The molecular weight excluding hydrogens is 719 g/mol. The number of ether oxygens (including phenoxy) is 1. The first kappa shape index (κ1) is 56.1. The van der Waals surface area contributed by atoms with Crippen LogP contribution in [-0.4, -0.2) is 47.4 Å². The fraction of sp³-hybridized carbons (Fsp3) is 0.846. The molecule has 0 fully saturated rings. The number of unbranched alkanes of at least 4 members (excludes halogenated alkanes) is 31. The molecule has 0 aliphatic heterocycles. The molecule has 0 rings (SSSR count). The van der Waals surface area contributed by atoms with E-state index in [1.165, 1.54) is 173 Å². The molecule has 0 aliphatic rings. The molecule has 0 radical (unpaired) electrons. The van der Waals surface area contributed by atoms with E-state index < -0.39 is 12.1 Å². The molecule has 0 saturated heterocycles. The second-order valence-corrected chi connectivity index (χ2v) is 17.1. The highest BCUT2D eigenvalue weighted by atomic mass is 16.5. The van der Waals surface area contributed by atoms with Crippen molar-refractivity contribution in [1.29, 1.82) is 0 Å². The van der Waals surface area contributed by atoms with Crippen LogP contribution in [0.4, 0.5) is 0 Å². The largest absolute Gasteiger partial charge is 0.466 e. The average Bonchev–Trinajstić information content (AvgIpc) is 3.22. The molecule has 3 N–H and O–H groups in total. The molecule has 0 aromatic rings. The van der Waals surface area contributed by atoms with Crippen LogP contribution in [0.3, 0.4) is 0 Å². The van der Waals surface area contributed by atoms with Gasteiger partial charge in [0.25, 0.3) is 0 Å². The van der Waals surface area contributed by atoms with Crippen LogP contribution >= 0.6 is 0 Å². The van der Waals surface area contributed by atoms with E-state index in [1.807, 2.05) is 12.2 Å². The van der Waals surface area contributed by atoms with E-state index in [4.69, 9.17) is 4.74 Å². The van der Waals surface area contributed by atoms with E-state index in [-0.39, 0.29) is 18.5 Å². The lowest BCUT2D eigenvalue weighted by Gasteiger charge is -2.19. The summed E-state index contributed by atoms with van der Waals surface area (Å²) in [6, 6.07) is -0.670. The molecule has 0 spiro atoms. The number of rotatable bonds is 46. The molecule has 0 heterocycles. The summed E-state index contributed by atoms with van der Waals surface area (Å²) in [6.45, 7) is 4.83. The number of carbonyl (C=O) groups is 2. The summed E-state index contributed by atoms with van der Waals surface area (Å²) in [5.41, 5.74) is 0. The lowest BCUT2D eigenvalue weighted by molar-refractivity contribution is -0.143. The minimum Gasteiger partial charge on any atom is -0.466 e. The van der Waals surface area contributed by atoms with Gasteiger partial charge in [-0.3, -0.25) is 9.59 Å². The molecule has 0 saturated carbocycles. The van der Waals surface area contributed by atoms with E-state index in [9.17, 15) is 19.8 Å². The summed E-state index contributed by atoms with van der Waals surface area (Å²) in [7, 11) is 0. The fourth-order valence-corrected chi connectivity index (χ4v) is 7.51. The van der Waals surface area contributed by atoms with Crippen LogP contribution in [0.2, 0.25) is 0 Å². The zero-order valence-corrected chi connectivity index (χ0v) is 38.5. The van der Waals surface area contributed by atoms with Gasteiger partial charge in [0.15, 0.2) is 0 Å². The van der Waals surface area contributed by atoms with Crippen molar-refractivity contribution < 1.29 is 24.5 Å². The number of allylic oxidation sites excluding steroid dienone is 5. The first-order chi connectivity index (χ1) is 28.5. The monoisotopic (exact) mass is 816 g/mol. The second-order valence-electron chi connectivity index (χ2n) is 17.1. The quantitative estimate of drug-likeness (QED) is 0.0323. The van der Waals surface area contributed by atoms with Crippen LogP contribution in [0.1, 0.15) is 258 Å². The third-order valence-corrected chi connectivity index (χ3v) is 11.4. The summed E-state index contributed by atoms with van der Waals surface area (Å²) in [6.07, 6.45) is 57.3. The summed E-state index contributed by atoms with van der Waals surface area (Å²) >= 11 is 0. The number of carbonyl (C=O) groups excluding carboxylic acids is 2. The van der Waals surface area contributed by atoms with Crippen molar-refractivity contribution in [2.45, 2.75) is 270 Å². The van der Waals surface area contributed by atoms with E-state index in [0.29, 0.717) is 25.9 Å². The highest BCUT2D eigenvalue weighted by Gasteiger charge is 2.17. The van der Waals surface area contributed by atoms with Crippen LogP contribution < -0.4 is 5.32 Å². The topological polar surface area (TPSA) is 95.9 Å². The number of hydrogen-bond acceptors (Lipinski definition) is 5. The van der Waals surface area contributed by atoms with Crippen molar-refractivity contribution in [1.82, 2.24) is 5.32 Å². The third-order valence-electron chi connectivity index (χ3n) is 11.4. The van der Waals surface area contributed by atoms with Gasteiger partial charge in [0.05, 0.1) is 25.4 Å². The zero-order valence-electron chi connectivity index (χ0n) is 38.5. The van der Waals surface area contributed by atoms with Gasteiger partial charge < -0.3 is 20.3 Å². The van der Waals surface area contributed by atoms with E-state index in [0.717, 1.165) is 51.4 Å². The second kappa shape index (κ2) is 47.8. The molecule has 0 aromatic heterocycles. The Bertz CT molecular complexity index is 946. The number of esters is 1. The lowest BCUT2D eigenvalue weighted by Crippen LogP contribution is -2.45. The van der Waals surface area contributed by atoms with Crippen molar-refractivity contribution in [3.63, 3.8) is 0 Å². The standard InChI is InChI=1S/C52H97NO5/c1-3-5-7-9-11-13-15-17-18-19-22-26-30-34-38-42-46-52(57)58-47-43-39-35-31-27-23-20-21-25-29-33-37-41-45-51(56)53-49(48-54)50(55)44-40-36-32-28-24-16-14-12-10-8-6-4-2/h21,25,33,37,40,44,49-50,54-55H,3-20,22-24,26-32,34-36,38-39,41-43,45-48H2,1-2H3,(H,53,56)/b25-21-,37-33-,44-40+. The van der Waals surface area contributed by atoms with Gasteiger partial charge in [-0.05, 0) is 51.4 Å². The van der Waals surface area contributed by atoms with Gasteiger partial charge in [-0.15, -0.1) is 0 Å². The lowest BCUT2D eigenvalue weighted by atomic mass is 10.0. The Morgan fingerprint density at radius 1 is 0.483 bits per heavy atom. The van der Waals surface area contributed by atoms with Gasteiger partial charge in [-0.2, -0.15) is 0 Å². The van der Waals surface area contributed by atoms with Crippen molar-refractivity contribution in [3.8, 4) is 0 Å². The van der Waals surface area contributed by atoms with Gasteiger partial charge in [0.1, 0.15) is 0 Å². The van der Waals surface area contributed by atoms with E-state index in [1.54, 1.807) is 6.08 Å². The van der Waals surface area contributed by atoms with Crippen LogP contribution in [0, 0.1) is 0 Å². The Labute approximate surface area is 360 Å². The maximum Gasteiger partial charge on any atom is 0.305 e. The summed E-state index contributed by atoms with van der Waals surface area (Å²) < 4.78 is 5.46. The molecule has 0 aromatic carbocycles. The Morgan fingerprint density at radius 3 is 1.34 bits per heavy atom. The predicted molar refractivity (Wildman–Crippen MR) is 250 cm³/mol. The predicted octanol–water partition coefficient (Wildman–Crippen LogP) is 14.9. The van der Waals surface area contributed by atoms with Gasteiger partial charge in [-0.1, -0.05) is 230 Å².